The number of aryl methyl sites for hydroxylation is 1. The predicted octanol–water partition coefficient (Wildman–Crippen LogP) is 18.9. The van der Waals surface area contributed by atoms with Crippen molar-refractivity contribution >= 4 is 44.6 Å². The van der Waals surface area contributed by atoms with Crippen LogP contribution in [0.25, 0.3) is 83.3 Å². The van der Waals surface area contributed by atoms with Crippen molar-refractivity contribution < 1.29 is 29.9 Å². The molecule has 0 fully saturated rings. The number of benzene rings is 10. The zero-order chi connectivity index (χ0) is 53.9. The number of anilines is 4. The van der Waals surface area contributed by atoms with Crippen LogP contribution in [0.3, 0.4) is 0 Å². The zero-order valence-corrected chi connectivity index (χ0v) is 45.2. The van der Waals surface area contributed by atoms with Gasteiger partial charge in [-0.2, -0.15) is 12.1 Å². The molecule has 5 nitrogen and oxygen atoms in total. The quantitative estimate of drug-likeness (QED) is 0.128. The molecule has 0 N–H and O–H groups in total. The van der Waals surface area contributed by atoms with Crippen LogP contribution in [0.5, 0.6) is 11.5 Å². The maximum absolute atomic E-state index is 9.49. The summed E-state index contributed by atoms with van der Waals surface area (Å²) < 4.78 is 36.8. The normalized spacial score (nSPS) is 12.8. The summed E-state index contributed by atoms with van der Waals surface area (Å²) in [6.07, 6.45) is 1.93. The van der Waals surface area contributed by atoms with Gasteiger partial charge in [-0.15, -0.1) is 48.0 Å². The average Bonchev–Trinajstić information content (AvgIpc) is 4.17. The minimum absolute atomic E-state index is 0. The van der Waals surface area contributed by atoms with Gasteiger partial charge in [0, 0.05) is 79.4 Å². The average molecular weight is 1180 g/mol. The van der Waals surface area contributed by atoms with Gasteiger partial charge in [0.2, 0.25) is 0 Å². The minimum atomic E-state index is -0.285. The smallest absolute Gasteiger partial charge is 0.135 e. The van der Waals surface area contributed by atoms with Crippen LogP contribution in [-0.2, 0) is 26.5 Å². The molecule has 0 saturated heterocycles. The molecule has 376 valence electrons. The molecule has 0 radical (unpaired) electrons. The summed E-state index contributed by atoms with van der Waals surface area (Å²) >= 11 is 0. The summed E-state index contributed by atoms with van der Waals surface area (Å²) in [5, 5.41) is 1.97. The van der Waals surface area contributed by atoms with Gasteiger partial charge >= 0.3 is 0 Å². The van der Waals surface area contributed by atoms with E-state index in [1.807, 2.05) is 90.6 Å². The van der Waals surface area contributed by atoms with Gasteiger partial charge in [0.15, 0.2) is 0 Å². The van der Waals surface area contributed by atoms with E-state index in [1.165, 1.54) is 5.56 Å². The molecule has 77 heavy (non-hydrogen) atoms. The molecule has 1 aliphatic heterocycles. The van der Waals surface area contributed by atoms with E-state index in [0.717, 1.165) is 106 Å². The van der Waals surface area contributed by atoms with E-state index < -0.39 is 0 Å². The molecule has 12 aromatic rings. The van der Waals surface area contributed by atoms with Gasteiger partial charge in [-0.05, 0) is 101 Å². The second kappa shape index (κ2) is 20.4. The second-order valence-corrected chi connectivity index (χ2v) is 20.3. The largest absolute Gasteiger partial charge is 0.509 e. The molecule has 0 bridgehead atoms. The van der Waals surface area contributed by atoms with Crippen LogP contribution < -0.4 is 14.5 Å². The molecular weight excluding hydrogens is 1120 g/mol. The van der Waals surface area contributed by atoms with Crippen LogP contribution in [-0.4, -0.2) is 9.55 Å². The fourth-order valence-electron chi connectivity index (χ4n) is 10.6. The van der Waals surface area contributed by atoms with Crippen molar-refractivity contribution in [1.82, 2.24) is 9.55 Å². The van der Waals surface area contributed by atoms with E-state index in [4.69, 9.17) is 9.72 Å². The van der Waals surface area contributed by atoms with Crippen LogP contribution in [0, 0.1) is 25.7 Å². The van der Waals surface area contributed by atoms with Crippen molar-refractivity contribution in [2.24, 2.45) is 0 Å². The molecule has 0 spiro atoms. The summed E-state index contributed by atoms with van der Waals surface area (Å²) in [5.41, 5.74) is 17.6. The fraction of sp³-hybridized carbons (Fsp3) is 0.0704. The summed E-state index contributed by atoms with van der Waals surface area (Å²) in [5.74, 6) is 1.05. The van der Waals surface area contributed by atoms with Crippen LogP contribution in [0.4, 0.5) is 22.7 Å². The minimum Gasteiger partial charge on any atom is -0.509 e. The van der Waals surface area contributed by atoms with Crippen LogP contribution >= 0.6 is 0 Å². The van der Waals surface area contributed by atoms with Crippen molar-refractivity contribution in [2.75, 3.05) is 9.80 Å². The van der Waals surface area contributed by atoms with Crippen molar-refractivity contribution in [2.45, 2.75) is 33.1 Å². The number of hydrogen-bond acceptors (Lipinski definition) is 4. The fourth-order valence-corrected chi connectivity index (χ4v) is 10.6. The number of fused-ring (bicyclic) bond motifs is 4. The molecule has 0 aliphatic carbocycles. The van der Waals surface area contributed by atoms with Crippen molar-refractivity contribution in [3.8, 4) is 73.0 Å². The number of para-hydroxylation sites is 3. The van der Waals surface area contributed by atoms with Crippen molar-refractivity contribution in [1.29, 1.82) is 0 Å². The number of pyridine rings is 1. The van der Waals surface area contributed by atoms with Crippen LogP contribution in [0.2, 0.25) is 0 Å². The number of rotatable bonds is 10. The number of nitrogens with zero attached hydrogens (tertiary/aromatic N) is 4. The Hall–Kier alpha value is -8.76. The second-order valence-electron chi connectivity index (χ2n) is 20.3. The summed E-state index contributed by atoms with van der Waals surface area (Å²) in [7, 11) is 0. The Morgan fingerprint density at radius 1 is 0.506 bits per heavy atom. The van der Waals surface area contributed by atoms with Gasteiger partial charge in [0.1, 0.15) is 5.82 Å². The van der Waals surface area contributed by atoms with E-state index in [2.05, 4.69) is 195 Å². The van der Waals surface area contributed by atoms with Gasteiger partial charge < -0.3 is 19.1 Å². The van der Waals surface area contributed by atoms with Gasteiger partial charge in [-0.1, -0.05) is 202 Å². The molecule has 0 atom stereocenters. The molecule has 2 aromatic heterocycles. The van der Waals surface area contributed by atoms with Crippen LogP contribution in [0.15, 0.2) is 243 Å². The number of hydrogen-bond donors (Lipinski definition) is 0. The molecule has 0 saturated carbocycles. The third-order valence-electron chi connectivity index (χ3n) is 14.5. The van der Waals surface area contributed by atoms with Gasteiger partial charge in [-0.3, -0.25) is 0 Å². The SMILES string of the molecule is [2H]c1c(Oc2[c-]c3c(cc2)c2cc(-c4ccccc4)ccc2n3-c2cc(C)c(-c3ccccc3)cn2)[c-]c(N2[CH-]N(c3c(-c4ccc(C(C)(C)C)cc4)cccc3-c3cccc(-c4ccccc4)c3)c3ccccc32)c([2H])c1[2H].[Pt]. The Labute approximate surface area is 469 Å². The molecular formula is C71H53N4OPt-3. The molecule has 3 heterocycles. The number of aromatic nitrogens is 2. The van der Waals surface area contributed by atoms with E-state index in [-0.39, 0.29) is 56.0 Å². The Kier molecular flexibility index (Phi) is 12.1. The number of ether oxygens (including phenoxy) is 1. The first-order valence-corrected chi connectivity index (χ1v) is 25.7. The zero-order valence-electron chi connectivity index (χ0n) is 46.0. The molecule has 6 heteroatoms. The Morgan fingerprint density at radius 2 is 1.09 bits per heavy atom. The van der Waals surface area contributed by atoms with Gasteiger partial charge in [-0.25, -0.2) is 4.98 Å². The first-order chi connectivity index (χ1) is 38.5. The molecule has 0 unspecified atom stereocenters. The Balaban J connectivity index is 0.00000637. The van der Waals surface area contributed by atoms with Crippen LogP contribution in [0.1, 0.15) is 36.0 Å². The van der Waals surface area contributed by atoms with E-state index in [1.54, 1.807) is 0 Å². The molecule has 10 aromatic carbocycles. The summed E-state index contributed by atoms with van der Waals surface area (Å²) in [6.45, 7) is 10.8. The van der Waals surface area contributed by atoms with E-state index in [0.29, 0.717) is 5.75 Å². The molecule has 13 rings (SSSR count). The maximum atomic E-state index is 9.49. The maximum Gasteiger partial charge on any atom is 0.135 e. The third kappa shape index (κ3) is 9.32. The first-order valence-electron chi connectivity index (χ1n) is 27.2. The van der Waals surface area contributed by atoms with E-state index >= 15 is 0 Å². The van der Waals surface area contributed by atoms with Crippen molar-refractivity contribution in [3.63, 3.8) is 0 Å². The molecule has 1 aliphatic rings. The third-order valence-corrected chi connectivity index (χ3v) is 14.5. The van der Waals surface area contributed by atoms with Crippen molar-refractivity contribution in [3.05, 3.63) is 273 Å². The van der Waals surface area contributed by atoms with Gasteiger partial charge in [0.25, 0.3) is 0 Å². The first kappa shape index (κ1) is 45.6. The van der Waals surface area contributed by atoms with E-state index in [9.17, 15) is 4.11 Å². The molecule has 0 amide bonds. The summed E-state index contributed by atoms with van der Waals surface area (Å²) in [4.78, 5) is 9.15. The predicted molar refractivity (Wildman–Crippen MR) is 315 cm³/mol. The van der Waals surface area contributed by atoms with Gasteiger partial charge in [0.05, 0.1) is 0 Å². The summed E-state index contributed by atoms with van der Waals surface area (Å²) in [6, 6.07) is 81.8. The monoisotopic (exact) mass is 1180 g/mol. The standard InChI is InChI=1S/C71H53N4O.Pt/c1-48-41-69(72-46-64(48)51-23-12-7-13-24-51)75-65-40-35-54(50-21-10-6-11-22-50)43-63(65)62-39-38-59(45-68(62)75)76-58-28-17-27-57(44-58)73-47-74(67-32-15-14-31-66(67)73)70-60(52-33-36-56(37-34-52)71(2,3)4)29-18-30-61(70)55-26-16-25-53(42-55)49-19-8-5-9-20-49;/h5-43,46-47H,1-4H3;/q-3;/i17D,27D,28D;. The Bertz CT molecular complexity index is 4290. The topological polar surface area (TPSA) is 33.5 Å². The Morgan fingerprint density at radius 3 is 1.78 bits per heavy atom.